The lowest BCUT2D eigenvalue weighted by molar-refractivity contribution is 0.209. The van der Waals surface area contributed by atoms with Crippen LogP contribution in [-0.4, -0.2) is 5.11 Å². The van der Waals surface area contributed by atoms with E-state index < -0.39 is 23.6 Å². The standard InChI is InChI=1S/C13H8BrF3O/c14-7-1-3-9(12(17)5-7)13(18)10-6-8(15)2-4-11(10)16/h1-6,13,18H. The Hall–Kier alpha value is -1.33. The second-order valence-corrected chi connectivity index (χ2v) is 4.65. The van der Waals surface area contributed by atoms with E-state index in [0.29, 0.717) is 4.47 Å². The summed E-state index contributed by atoms with van der Waals surface area (Å²) in [5.41, 5.74) is -0.404. The van der Waals surface area contributed by atoms with Gasteiger partial charge in [0.2, 0.25) is 0 Å². The van der Waals surface area contributed by atoms with Crippen LogP contribution in [0.15, 0.2) is 40.9 Å². The van der Waals surface area contributed by atoms with Crippen molar-refractivity contribution in [2.45, 2.75) is 6.10 Å². The Balaban J connectivity index is 2.47. The summed E-state index contributed by atoms with van der Waals surface area (Å²) < 4.78 is 40.6. The quantitative estimate of drug-likeness (QED) is 0.889. The molecule has 2 rings (SSSR count). The van der Waals surface area contributed by atoms with Crippen molar-refractivity contribution >= 4 is 15.9 Å². The summed E-state index contributed by atoms with van der Waals surface area (Å²) in [7, 11) is 0. The lowest BCUT2D eigenvalue weighted by Crippen LogP contribution is -2.05. The van der Waals surface area contributed by atoms with E-state index in [-0.39, 0.29) is 11.1 Å². The number of benzene rings is 2. The zero-order valence-corrected chi connectivity index (χ0v) is 10.6. The van der Waals surface area contributed by atoms with Crippen molar-refractivity contribution in [2.75, 3.05) is 0 Å². The molecular weight excluding hydrogens is 309 g/mol. The van der Waals surface area contributed by atoms with Gasteiger partial charge in [0.1, 0.15) is 23.6 Å². The van der Waals surface area contributed by atoms with E-state index in [2.05, 4.69) is 15.9 Å². The molecule has 0 saturated carbocycles. The molecule has 0 aromatic heterocycles. The number of hydrogen-bond acceptors (Lipinski definition) is 1. The third-order valence-corrected chi connectivity index (χ3v) is 3.00. The van der Waals surface area contributed by atoms with Gasteiger partial charge in [0.15, 0.2) is 0 Å². The van der Waals surface area contributed by atoms with Gasteiger partial charge in [0.05, 0.1) is 0 Å². The predicted molar refractivity (Wildman–Crippen MR) is 64.5 cm³/mol. The SMILES string of the molecule is OC(c1ccc(Br)cc1F)c1cc(F)ccc1F. The predicted octanol–water partition coefficient (Wildman–Crippen LogP) is 3.95. The summed E-state index contributed by atoms with van der Waals surface area (Å²) >= 11 is 3.07. The van der Waals surface area contributed by atoms with Crippen LogP contribution in [0.1, 0.15) is 17.2 Å². The molecule has 1 unspecified atom stereocenters. The van der Waals surface area contributed by atoms with Gasteiger partial charge in [-0.1, -0.05) is 22.0 Å². The molecule has 0 radical (unpaired) electrons. The number of rotatable bonds is 2. The van der Waals surface area contributed by atoms with Crippen molar-refractivity contribution in [2.24, 2.45) is 0 Å². The highest BCUT2D eigenvalue weighted by Gasteiger charge is 2.19. The fourth-order valence-corrected chi connectivity index (χ4v) is 1.95. The fourth-order valence-electron chi connectivity index (χ4n) is 1.61. The van der Waals surface area contributed by atoms with Crippen molar-refractivity contribution in [1.82, 2.24) is 0 Å². The molecule has 0 heterocycles. The molecule has 2 aromatic rings. The summed E-state index contributed by atoms with van der Waals surface area (Å²) in [6.07, 6.45) is -1.55. The van der Waals surface area contributed by atoms with Gasteiger partial charge < -0.3 is 5.11 Å². The summed E-state index contributed by atoms with van der Waals surface area (Å²) in [5.74, 6) is -2.17. The third-order valence-electron chi connectivity index (χ3n) is 2.51. The average Bonchev–Trinajstić information content (AvgIpc) is 2.31. The molecule has 0 aliphatic carbocycles. The van der Waals surface area contributed by atoms with Crippen molar-refractivity contribution in [3.05, 3.63) is 69.4 Å². The maximum atomic E-state index is 13.6. The molecule has 18 heavy (non-hydrogen) atoms. The highest BCUT2D eigenvalue weighted by molar-refractivity contribution is 9.10. The van der Waals surface area contributed by atoms with Crippen molar-refractivity contribution in [3.8, 4) is 0 Å². The number of hydrogen-bond donors (Lipinski definition) is 1. The summed E-state index contributed by atoms with van der Waals surface area (Å²) in [6.45, 7) is 0. The Morgan fingerprint density at radius 1 is 0.889 bits per heavy atom. The Morgan fingerprint density at radius 3 is 2.28 bits per heavy atom. The van der Waals surface area contributed by atoms with Gasteiger partial charge in [-0.05, 0) is 30.3 Å². The maximum Gasteiger partial charge on any atom is 0.130 e. The minimum Gasteiger partial charge on any atom is -0.383 e. The van der Waals surface area contributed by atoms with E-state index in [1.165, 1.54) is 12.1 Å². The molecule has 0 saturated heterocycles. The molecule has 1 nitrogen and oxygen atoms in total. The number of halogens is 4. The van der Waals surface area contributed by atoms with Gasteiger partial charge in [0.25, 0.3) is 0 Å². The van der Waals surface area contributed by atoms with Crippen LogP contribution in [-0.2, 0) is 0 Å². The highest BCUT2D eigenvalue weighted by atomic mass is 79.9. The molecule has 5 heteroatoms. The van der Waals surface area contributed by atoms with E-state index in [1.54, 1.807) is 0 Å². The smallest absolute Gasteiger partial charge is 0.130 e. The lowest BCUT2D eigenvalue weighted by Gasteiger charge is -2.13. The topological polar surface area (TPSA) is 20.2 Å². The first-order valence-electron chi connectivity index (χ1n) is 5.07. The van der Waals surface area contributed by atoms with Gasteiger partial charge in [0, 0.05) is 15.6 Å². The van der Waals surface area contributed by atoms with Crippen molar-refractivity contribution in [1.29, 1.82) is 0 Å². The van der Waals surface area contributed by atoms with Gasteiger partial charge in [-0.15, -0.1) is 0 Å². The van der Waals surface area contributed by atoms with Crippen molar-refractivity contribution < 1.29 is 18.3 Å². The van der Waals surface area contributed by atoms with Crippen LogP contribution in [0.4, 0.5) is 13.2 Å². The van der Waals surface area contributed by atoms with E-state index in [1.807, 2.05) is 0 Å². The minimum atomic E-state index is -1.55. The lowest BCUT2D eigenvalue weighted by atomic mass is 10.0. The maximum absolute atomic E-state index is 13.6. The van der Waals surface area contributed by atoms with Gasteiger partial charge >= 0.3 is 0 Å². The van der Waals surface area contributed by atoms with E-state index >= 15 is 0 Å². The first kappa shape index (κ1) is 13.1. The molecule has 1 N–H and O–H groups in total. The normalized spacial score (nSPS) is 12.5. The zero-order valence-electron chi connectivity index (χ0n) is 9.00. The van der Waals surface area contributed by atoms with Crippen LogP contribution in [0.5, 0.6) is 0 Å². The van der Waals surface area contributed by atoms with Crippen molar-refractivity contribution in [3.63, 3.8) is 0 Å². The highest BCUT2D eigenvalue weighted by Crippen LogP contribution is 2.28. The van der Waals surface area contributed by atoms with Crippen LogP contribution in [0.25, 0.3) is 0 Å². The largest absolute Gasteiger partial charge is 0.383 e. The Morgan fingerprint density at radius 2 is 1.61 bits per heavy atom. The monoisotopic (exact) mass is 316 g/mol. The second kappa shape index (κ2) is 5.12. The van der Waals surface area contributed by atoms with Crippen LogP contribution in [0.2, 0.25) is 0 Å². The average molecular weight is 317 g/mol. The van der Waals surface area contributed by atoms with Gasteiger partial charge in [-0.2, -0.15) is 0 Å². The molecule has 0 fully saturated rings. The molecule has 94 valence electrons. The van der Waals surface area contributed by atoms with Gasteiger partial charge in [-0.25, -0.2) is 13.2 Å². The molecule has 0 aliphatic heterocycles. The molecule has 1 atom stereocenters. The Labute approximate surface area is 110 Å². The number of aliphatic hydroxyl groups excluding tert-OH is 1. The Kier molecular flexibility index (Phi) is 3.73. The molecular formula is C13H8BrF3O. The fraction of sp³-hybridized carbons (Fsp3) is 0.0769. The van der Waals surface area contributed by atoms with Crippen LogP contribution in [0, 0.1) is 17.5 Å². The molecule has 0 spiro atoms. The summed E-state index contributed by atoms with van der Waals surface area (Å²) in [5, 5.41) is 9.91. The third kappa shape index (κ3) is 2.57. The van der Waals surface area contributed by atoms with Gasteiger partial charge in [-0.3, -0.25) is 0 Å². The first-order valence-corrected chi connectivity index (χ1v) is 5.86. The van der Waals surface area contributed by atoms with E-state index in [4.69, 9.17) is 0 Å². The van der Waals surface area contributed by atoms with E-state index in [9.17, 15) is 18.3 Å². The zero-order chi connectivity index (χ0) is 13.3. The summed E-state index contributed by atoms with van der Waals surface area (Å²) in [6, 6.07) is 6.65. The van der Waals surface area contributed by atoms with Crippen LogP contribution < -0.4 is 0 Å². The van der Waals surface area contributed by atoms with E-state index in [0.717, 1.165) is 24.3 Å². The summed E-state index contributed by atoms with van der Waals surface area (Å²) in [4.78, 5) is 0. The second-order valence-electron chi connectivity index (χ2n) is 3.73. The molecule has 2 aromatic carbocycles. The molecule has 0 aliphatic rings. The van der Waals surface area contributed by atoms with Crippen LogP contribution >= 0.6 is 15.9 Å². The molecule has 0 amide bonds. The minimum absolute atomic E-state index is 0.109. The Bertz CT molecular complexity index is 586. The van der Waals surface area contributed by atoms with Crippen LogP contribution in [0.3, 0.4) is 0 Å². The first-order chi connectivity index (χ1) is 8.49. The molecule has 0 bridgehead atoms. The number of aliphatic hydroxyl groups is 1.